The third-order valence-corrected chi connectivity index (χ3v) is 4.42. The standard InChI is InChI=1S/C20H23FN2O2/c1-2-25-17-9-7-16(8-10-17)15-20(24)23-13-11-22(12-14-23)19-6-4-3-5-18(19)21/h3-10H,2,11-15H2,1H3. The number of benzene rings is 2. The van der Waals surface area contributed by atoms with E-state index in [1.165, 1.54) is 6.07 Å². The second-order valence-electron chi connectivity index (χ2n) is 6.07. The topological polar surface area (TPSA) is 32.8 Å². The molecule has 1 heterocycles. The van der Waals surface area contributed by atoms with Crippen LogP contribution in [0.15, 0.2) is 48.5 Å². The first-order valence-electron chi connectivity index (χ1n) is 8.66. The molecular formula is C20H23FN2O2. The first-order chi connectivity index (χ1) is 12.2. The van der Waals surface area contributed by atoms with Gasteiger partial charge in [0.15, 0.2) is 0 Å². The average Bonchev–Trinajstić information content (AvgIpc) is 2.64. The lowest BCUT2D eigenvalue weighted by molar-refractivity contribution is -0.130. The molecule has 0 saturated carbocycles. The molecule has 1 aliphatic heterocycles. The maximum Gasteiger partial charge on any atom is 0.227 e. The molecule has 5 heteroatoms. The van der Waals surface area contributed by atoms with Crippen LogP contribution in [0, 0.1) is 5.82 Å². The summed E-state index contributed by atoms with van der Waals surface area (Å²) in [5.74, 6) is 0.714. The molecule has 0 bridgehead atoms. The summed E-state index contributed by atoms with van der Waals surface area (Å²) in [6, 6.07) is 14.4. The number of hydrogen-bond donors (Lipinski definition) is 0. The molecule has 4 nitrogen and oxygen atoms in total. The van der Waals surface area contributed by atoms with Gasteiger partial charge in [-0.15, -0.1) is 0 Å². The SMILES string of the molecule is CCOc1ccc(CC(=O)N2CCN(c3ccccc3F)CC2)cc1. The molecule has 0 radical (unpaired) electrons. The Kier molecular flexibility index (Phi) is 5.53. The summed E-state index contributed by atoms with van der Waals surface area (Å²) in [5, 5.41) is 0. The zero-order valence-corrected chi connectivity index (χ0v) is 14.5. The number of rotatable bonds is 5. The van der Waals surface area contributed by atoms with E-state index in [0.29, 0.717) is 44.9 Å². The molecule has 0 unspecified atom stereocenters. The second kappa shape index (κ2) is 8.01. The van der Waals surface area contributed by atoms with Crippen molar-refractivity contribution in [2.75, 3.05) is 37.7 Å². The molecule has 0 aliphatic carbocycles. The van der Waals surface area contributed by atoms with Crippen molar-refractivity contribution in [2.24, 2.45) is 0 Å². The van der Waals surface area contributed by atoms with Crippen LogP contribution in [0.4, 0.5) is 10.1 Å². The first kappa shape index (κ1) is 17.3. The number of nitrogens with zero attached hydrogens (tertiary/aromatic N) is 2. The summed E-state index contributed by atoms with van der Waals surface area (Å²) in [5.41, 5.74) is 1.59. The number of amides is 1. The third kappa shape index (κ3) is 4.29. The highest BCUT2D eigenvalue weighted by Crippen LogP contribution is 2.20. The molecule has 25 heavy (non-hydrogen) atoms. The normalized spacial score (nSPS) is 14.5. The Morgan fingerprint density at radius 2 is 1.72 bits per heavy atom. The van der Waals surface area contributed by atoms with Gasteiger partial charge in [0.25, 0.3) is 0 Å². The Morgan fingerprint density at radius 1 is 1.04 bits per heavy atom. The first-order valence-corrected chi connectivity index (χ1v) is 8.66. The zero-order valence-electron chi connectivity index (χ0n) is 14.5. The summed E-state index contributed by atoms with van der Waals surface area (Å²) in [6.45, 7) is 5.10. The minimum absolute atomic E-state index is 0.109. The molecule has 1 fully saturated rings. The quantitative estimate of drug-likeness (QED) is 0.837. The van der Waals surface area contributed by atoms with Gasteiger partial charge in [0.05, 0.1) is 18.7 Å². The Hall–Kier alpha value is -2.56. The Balaban J connectivity index is 1.54. The highest BCUT2D eigenvalue weighted by molar-refractivity contribution is 5.79. The molecule has 2 aromatic carbocycles. The lowest BCUT2D eigenvalue weighted by atomic mass is 10.1. The molecule has 132 valence electrons. The van der Waals surface area contributed by atoms with Crippen molar-refractivity contribution in [3.05, 3.63) is 59.9 Å². The summed E-state index contributed by atoms with van der Waals surface area (Å²) in [6.07, 6.45) is 0.381. The van der Waals surface area contributed by atoms with Gasteiger partial charge < -0.3 is 14.5 Å². The maximum absolute atomic E-state index is 13.9. The van der Waals surface area contributed by atoms with Gasteiger partial charge in [-0.3, -0.25) is 4.79 Å². The summed E-state index contributed by atoms with van der Waals surface area (Å²) in [4.78, 5) is 16.3. The van der Waals surface area contributed by atoms with Crippen molar-refractivity contribution >= 4 is 11.6 Å². The van der Waals surface area contributed by atoms with Crippen LogP contribution >= 0.6 is 0 Å². The molecule has 1 aliphatic rings. The monoisotopic (exact) mass is 342 g/mol. The molecule has 1 saturated heterocycles. The average molecular weight is 342 g/mol. The number of piperazine rings is 1. The fourth-order valence-electron chi connectivity index (χ4n) is 3.06. The van der Waals surface area contributed by atoms with Crippen LogP contribution < -0.4 is 9.64 Å². The molecular weight excluding hydrogens is 319 g/mol. The minimum atomic E-state index is -0.211. The Labute approximate surface area is 147 Å². The fourth-order valence-corrected chi connectivity index (χ4v) is 3.06. The third-order valence-electron chi connectivity index (χ3n) is 4.42. The van der Waals surface area contributed by atoms with Crippen molar-refractivity contribution < 1.29 is 13.9 Å². The van der Waals surface area contributed by atoms with Gasteiger partial charge in [0.1, 0.15) is 11.6 Å². The fraction of sp³-hybridized carbons (Fsp3) is 0.350. The molecule has 1 amide bonds. The van der Waals surface area contributed by atoms with Crippen LogP contribution in [0.3, 0.4) is 0 Å². The predicted octanol–water partition coefficient (Wildman–Crippen LogP) is 3.12. The van der Waals surface area contributed by atoms with Gasteiger partial charge >= 0.3 is 0 Å². The van der Waals surface area contributed by atoms with E-state index in [9.17, 15) is 9.18 Å². The van der Waals surface area contributed by atoms with Crippen molar-refractivity contribution in [1.29, 1.82) is 0 Å². The van der Waals surface area contributed by atoms with Gasteiger partial charge in [0, 0.05) is 26.2 Å². The zero-order chi connectivity index (χ0) is 17.6. The van der Waals surface area contributed by atoms with Crippen LogP contribution in [-0.2, 0) is 11.2 Å². The van der Waals surface area contributed by atoms with E-state index in [4.69, 9.17) is 4.74 Å². The number of anilines is 1. The van der Waals surface area contributed by atoms with Crippen molar-refractivity contribution in [3.63, 3.8) is 0 Å². The van der Waals surface area contributed by atoms with Crippen molar-refractivity contribution in [2.45, 2.75) is 13.3 Å². The minimum Gasteiger partial charge on any atom is -0.494 e. The van der Waals surface area contributed by atoms with E-state index in [2.05, 4.69) is 0 Å². The van der Waals surface area contributed by atoms with Gasteiger partial charge in [0.2, 0.25) is 5.91 Å². The summed E-state index contributed by atoms with van der Waals surface area (Å²) < 4.78 is 19.3. The number of carbonyl (C=O) groups is 1. The highest BCUT2D eigenvalue weighted by atomic mass is 19.1. The lowest BCUT2D eigenvalue weighted by Crippen LogP contribution is -2.49. The van der Waals surface area contributed by atoms with E-state index in [1.807, 2.05) is 47.1 Å². The van der Waals surface area contributed by atoms with Crippen LogP contribution in [0.25, 0.3) is 0 Å². The van der Waals surface area contributed by atoms with Crippen molar-refractivity contribution in [3.8, 4) is 5.75 Å². The van der Waals surface area contributed by atoms with E-state index in [0.717, 1.165) is 11.3 Å². The van der Waals surface area contributed by atoms with Gasteiger partial charge in [-0.1, -0.05) is 24.3 Å². The second-order valence-corrected chi connectivity index (χ2v) is 6.07. The maximum atomic E-state index is 13.9. The lowest BCUT2D eigenvalue weighted by Gasteiger charge is -2.36. The van der Waals surface area contributed by atoms with Crippen LogP contribution in [0.2, 0.25) is 0 Å². The van der Waals surface area contributed by atoms with Crippen LogP contribution in [-0.4, -0.2) is 43.6 Å². The van der Waals surface area contributed by atoms with E-state index in [1.54, 1.807) is 12.1 Å². The summed E-state index contributed by atoms with van der Waals surface area (Å²) >= 11 is 0. The van der Waals surface area contributed by atoms with Crippen molar-refractivity contribution in [1.82, 2.24) is 4.90 Å². The Morgan fingerprint density at radius 3 is 2.36 bits per heavy atom. The van der Waals surface area contributed by atoms with E-state index >= 15 is 0 Å². The van der Waals surface area contributed by atoms with Gasteiger partial charge in [-0.25, -0.2) is 4.39 Å². The molecule has 0 atom stereocenters. The number of para-hydroxylation sites is 1. The molecule has 2 aromatic rings. The van der Waals surface area contributed by atoms with Gasteiger partial charge in [-0.2, -0.15) is 0 Å². The number of ether oxygens (including phenoxy) is 1. The number of carbonyl (C=O) groups excluding carboxylic acids is 1. The molecule has 0 N–H and O–H groups in total. The Bertz CT molecular complexity index is 710. The van der Waals surface area contributed by atoms with Crippen LogP contribution in [0.1, 0.15) is 12.5 Å². The van der Waals surface area contributed by atoms with Gasteiger partial charge in [-0.05, 0) is 36.8 Å². The molecule has 0 aromatic heterocycles. The predicted molar refractivity (Wildman–Crippen MR) is 96.5 cm³/mol. The summed E-state index contributed by atoms with van der Waals surface area (Å²) in [7, 11) is 0. The number of hydrogen-bond acceptors (Lipinski definition) is 3. The molecule has 3 rings (SSSR count). The smallest absolute Gasteiger partial charge is 0.227 e. The molecule has 0 spiro atoms. The van der Waals surface area contributed by atoms with E-state index < -0.39 is 0 Å². The largest absolute Gasteiger partial charge is 0.494 e. The van der Waals surface area contributed by atoms with Crippen LogP contribution in [0.5, 0.6) is 5.75 Å². The van der Waals surface area contributed by atoms with E-state index in [-0.39, 0.29) is 11.7 Å². The number of halogens is 1. The highest BCUT2D eigenvalue weighted by Gasteiger charge is 2.22.